The van der Waals surface area contributed by atoms with Crippen molar-refractivity contribution in [2.75, 3.05) is 31.6 Å². The van der Waals surface area contributed by atoms with E-state index >= 15 is 0 Å². The molecule has 0 spiro atoms. The van der Waals surface area contributed by atoms with Crippen LogP contribution < -0.4 is 10.2 Å². The fourth-order valence-electron chi connectivity index (χ4n) is 2.72. The van der Waals surface area contributed by atoms with Gasteiger partial charge in [0, 0.05) is 29.9 Å². The molecule has 0 aliphatic carbocycles. The molecule has 1 aliphatic heterocycles. The topological polar surface area (TPSA) is 28.2 Å². The number of nitrogens with one attached hydrogen (secondary N) is 1. The first-order valence-corrected chi connectivity index (χ1v) is 7.46. The van der Waals surface area contributed by atoms with Gasteiger partial charge in [-0.1, -0.05) is 0 Å². The van der Waals surface area contributed by atoms with Gasteiger partial charge in [0.25, 0.3) is 0 Å². The lowest BCUT2D eigenvalue weighted by atomic mass is 9.97. The van der Waals surface area contributed by atoms with Crippen molar-refractivity contribution in [1.82, 2.24) is 10.3 Å². The molecule has 2 aromatic heterocycles. The second kappa shape index (κ2) is 5.24. The Morgan fingerprint density at radius 2 is 2.22 bits per heavy atom. The molecule has 0 radical (unpaired) electrons. The summed E-state index contributed by atoms with van der Waals surface area (Å²) in [6, 6.07) is 4.28. The number of anilines is 1. The van der Waals surface area contributed by atoms with Gasteiger partial charge in [0.05, 0.1) is 0 Å². The maximum absolute atomic E-state index is 4.56. The zero-order valence-electron chi connectivity index (χ0n) is 10.7. The van der Waals surface area contributed by atoms with Gasteiger partial charge in [0.2, 0.25) is 0 Å². The molecule has 18 heavy (non-hydrogen) atoms. The highest BCUT2D eigenvalue weighted by Gasteiger charge is 2.17. The first-order chi connectivity index (χ1) is 8.84. The predicted molar refractivity (Wildman–Crippen MR) is 78.5 cm³/mol. The van der Waals surface area contributed by atoms with Gasteiger partial charge in [0.15, 0.2) is 0 Å². The van der Waals surface area contributed by atoms with Gasteiger partial charge in [-0.25, -0.2) is 4.98 Å². The number of hydrogen-bond donors (Lipinski definition) is 1. The molecule has 96 valence electrons. The van der Waals surface area contributed by atoms with Gasteiger partial charge in [-0.05, 0) is 49.4 Å². The minimum absolute atomic E-state index is 0.798. The second-order valence-corrected chi connectivity index (χ2v) is 5.99. The first kappa shape index (κ1) is 11.9. The van der Waals surface area contributed by atoms with Crippen molar-refractivity contribution in [2.45, 2.75) is 12.8 Å². The molecule has 0 aromatic carbocycles. The molecule has 1 fully saturated rings. The van der Waals surface area contributed by atoms with Gasteiger partial charge in [0.1, 0.15) is 5.82 Å². The zero-order valence-corrected chi connectivity index (χ0v) is 11.5. The number of hydrogen-bond acceptors (Lipinski definition) is 4. The van der Waals surface area contributed by atoms with E-state index in [9.17, 15) is 0 Å². The third kappa shape index (κ3) is 2.35. The van der Waals surface area contributed by atoms with E-state index in [-0.39, 0.29) is 0 Å². The van der Waals surface area contributed by atoms with Crippen LogP contribution in [0.15, 0.2) is 23.7 Å². The van der Waals surface area contributed by atoms with Crippen molar-refractivity contribution in [3.8, 4) is 0 Å². The third-order valence-corrected chi connectivity index (χ3v) is 4.59. The van der Waals surface area contributed by atoms with Crippen molar-refractivity contribution in [1.29, 1.82) is 0 Å². The van der Waals surface area contributed by atoms with E-state index in [1.54, 1.807) is 11.3 Å². The SMILES string of the molecule is CN(CC1CCNCC1)c1nccc2sccc12. The average molecular weight is 261 g/mol. The molecule has 1 saturated heterocycles. The fourth-order valence-corrected chi connectivity index (χ4v) is 3.50. The molecule has 1 N–H and O–H groups in total. The zero-order chi connectivity index (χ0) is 12.4. The van der Waals surface area contributed by atoms with E-state index in [1.807, 2.05) is 6.20 Å². The molecule has 2 aromatic rings. The Hall–Kier alpha value is -1.13. The van der Waals surface area contributed by atoms with Crippen LogP contribution in [-0.4, -0.2) is 31.7 Å². The van der Waals surface area contributed by atoms with E-state index in [1.165, 1.54) is 22.9 Å². The summed E-state index contributed by atoms with van der Waals surface area (Å²) in [5.41, 5.74) is 0. The van der Waals surface area contributed by atoms with Crippen molar-refractivity contribution < 1.29 is 0 Å². The van der Waals surface area contributed by atoms with E-state index in [2.05, 4.69) is 39.8 Å². The minimum atomic E-state index is 0.798. The maximum Gasteiger partial charge on any atom is 0.137 e. The summed E-state index contributed by atoms with van der Waals surface area (Å²) in [5, 5.41) is 6.86. The van der Waals surface area contributed by atoms with Crippen LogP contribution in [0.2, 0.25) is 0 Å². The van der Waals surface area contributed by atoms with Crippen LogP contribution in [0.3, 0.4) is 0 Å². The molecule has 0 unspecified atom stereocenters. The molecule has 4 heteroatoms. The molecule has 0 amide bonds. The molecule has 3 rings (SSSR count). The summed E-state index contributed by atoms with van der Waals surface area (Å²) in [7, 11) is 2.17. The number of thiophene rings is 1. The Kier molecular flexibility index (Phi) is 3.48. The van der Waals surface area contributed by atoms with Crippen LogP contribution in [0.1, 0.15) is 12.8 Å². The lowest BCUT2D eigenvalue weighted by Crippen LogP contribution is -2.34. The number of nitrogens with zero attached hydrogens (tertiary/aromatic N) is 2. The summed E-state index contributed by atoms with van der Waals surface area (Å²) in [5.74, 6) is 1.93. The smallest absolute Gasteiger partial charge is 0.137 e. The Labute approximate surface area is 112 Å². The van der Waals surface area contributed by atoms with Crippen molar-refractivity contribution >= 4 is 27.2 Å². The molecule has 1 aliphatic rings. The monoisotopic (exact) mass is 261 g/mol. The lowest BCUT2D eigenvalue weighted by molar-refractivity contribution is 0.377. The predicted octanol–water partition coefficient (Wildman–Crippen LogP) is 2.73. The van der Waals surface area contributed by atoms with Crippen LogP contribution in [0.25, 0.3) is 10.1 Å². The van der Waals surface area contributed by atoms with E-state index in [0.717, 1.165) is 31.4 Å². The Morgan fingerprint density at radius 3 is 3.06 bits per heavy atom. The number of piperidine rings is 1. The molecule has 3 heterocycles. The number of pyridine rings is 1. The number of aromatic nitrogens is 1. The quantitative estimate of drug-likeness (QED) is 0.921. The highest BCUT2D eigenvalue weighted by molar-refractivity contribution is 7.17. The van der Waals surface area contributed by atoms with Crippen molar-refractivity contribution in [3.63, 3.8) is 0 Å². The minimum Gasteiger partial charge on any atom is -0.359 e. The highest BCUT2D eigenvalue weighted by Crippen LogP contribution is 2.28. The van der Waals surface area contributed by atoms with Crippen LogP contribution >= 0.6 is 11.3 Å². The van der Waals surface area contributed by atoms with Crippen molar-refractivity contribution in [2.24, 2.45) is 5.92 Å². The summed E-state index contributed by atoms with van der Waals surface area (Å²) >= 11 is 1.79. The average Bonchev–Trinajstić information content (AvgIpc) is 2.87. The van der Waals surface area contributed by atoms with Crippen molar-refractivity contribution in [3.05, 3.63) is 23.7 Å². The van der Waals surface area contributed by atoms with Crippen LogP contribution in [0.4, 0.5) is 5.82 Å². The van der Waals surface area contributed by atoms with Gasteiger partial charge in [-0.2, -0.15) is 0 Å². The normalized spacial score (nSPS) is 17.2. The number of fused-ring (bicyclic) bond motifs is 1. The Bertz CT molecular complexity index is 516. The van der Waals surface area contributed by atoms with Crippen LogP contribution in [0, 0.1) is 5.92 Å². The largest absolute Gasteiger partial charge is 0.359 e. The summed E-state index contributed by atoms with van der Waals surface area (Å²) < 4.78 is 1.33. The van der Waals surface area contributed by atoms with Gasteiger partial charge in [-0.15, -0.1) is 11.3 Å². The van der Waals surface area contributed by atoms with Crippen LogP contribution in [-0.2, 0) is 0 Å². The summed E-state index contributed by atoms with van der Waals surface area (Å²) in [6.07, 6.45) is 4.49. The summed E-state index contributed by atoms with van der Waals surface area (Å²) in [6.45, 7) is 3.44. The van der Waals surface area contributed by atoms with E-state index < -0.39 is 0 Å². The number of rotatable bonds is 3. The third-order valence-electron chi connectivity index (χ3n) is 3.71. The van der Waals surface area contributed by atoms with Gasteiger partial charge in [-0.3, -0.25) is 0 Å². The Balaban J connectivity index is 1.78. The van der Waals surface area contributed by atoms with E-state index in [0.29, 0.717) is 0 Å². The standard InChI is InChI=1S/C14H19N3S/c1-17(10-11-2-6-15-7-3-11)14-12-5-9-18-13(12)4-8-16-14/h4-5,8-9,11,15H,2-3,6-7,10H2,1H3. The molecule has 0 saturated carbocycles. The van der Waals surface area contributed by atoms with Gasteiger partial charge < -0.3 is 10.2 Å². The second-order valence-electron chi connectivity index (χ2n) is 5.04. The summed E-state index contributed by atoms with van der Waals surface area (Å²) in [4.78, 5) is 6.89. The maximum atomic E-state index is 4.56. The van der Waals surface area contributed by atoms with E-state index in [4.69, 9.17) is 0 Å². The fraction of sp³-hybridized carbons (Fsp3) is 0.500. The molecular formula is C14H19N3S. The lowest BCUT2D eigenvalue weighted by Gasteiger charge is -2.28. The van der Waals surface area contributed by atoms with Crippen LogP contribution in [0.5, 0.6) is 0 Å². The first-order valence-electron chi connectivity index (χ1n) is 6.58. The molecular weight excluding hydrogens is 242 g/mol. The molecule has 0 atom stereocenters. The Morgan fingerprint density at radius 1 is 1.39 bits per heavy atom. The highest BCUT2D eigenvalue weighted by atomic mass is 32.1. The van der Waals surface area contributed by atoms with Gasteiger partial charge >= 0.3 is 0 Å². The molecule has 0 bridgehead atoms. The molecule has 3 nitrogen and oxygen atoms in total.